The van der Waals surface area contributed by atoms with Gasteiger partial charge >= 0.3 is 0 Å². The number of ether oxygens (including phenoxy) is 1. The van der Waals surface area contributed by atoms with Crippen molar-refractivity contribution in [2.75, 3.05) is 31.3 Å². The van der Waals surface area contributed by atoms with Crippen LogP contribution in [0.5, 0.6) is 5.75 Å². The van der Waals surface area contributed by atoms with Crippen molar-refractivity contribution in [2.45, 2.75) is 0 Å². The lowest BCUT2D eigenvalue weighted by Gasteiger charge is -2.12. The predicted molar refractivity (Wildman–Crippen MR) is 119 cm³/mol. The van der Waals surface area contributed by atoms with Gasteiger partial charge in [-0.25, -0.2) is 4.39 Å². The zero-order valence-corrected chi connectivity index (χ0v) is 17.6. The van der Waals surface area contributed by atoms with Crippen molar-refractivity contribution in [1.82, 2.24) is 4.90 Å². The van der Waals surface area contributed by atoms with Gasteiger partial charge in [-0.05, 0) is 66.7 Å². The molecule has 3 aromatic carbocycles. The van der Waals surface area contributed by atoms with E-state index in [9.17, 15) is 18.8 Å². The van der Waals surface area contributed by atoms with E-state index in [0.29, 0.717) is 28.3 Å². The van der Waals surface area contributed by atoms with Crippen LogP contribution < -0.4 is 15.4 Å². The molecule has 2 N–H and O–H groups in total. The number of anilines is 2. The number of hydrogen-bond donors (Lipinski definition) is 2. The largest absolute Gasteiger partial charge is 0.484 e. The summed E-state index contributed by atoms with van der Waals surface area (Å²) < 4.78 is 18.4. The van der Waals surface area contributed by atoms with Gasteiger partial charge < -0.3 is 20.3 Å². The zero-order valence-electron chi connectivity index (χ0n) is 17.6. The molecule has 32 heavy (non-hydrogen) atoms. The maximum atomic E-state index is 13.0. The van der Waals surface area contributed by atoms with Crippen molar-refractivity contribution in [3.8, 4) is 5.75 Å². The summed E-state index contributed by atoms with van der Waals surface area (Å²) >= 11 is 0. The molecule has 0 aliphatic rings. The first kappa shape index (κ1) is 22.5. The number of benzene rings is 3. The van der Waals surface area contributed by atoms with Gasteiger partial charge in [0.15, 0.2) is 6.61 Å². The molecule has 0 spiro atoms. The molecule has 0 saturated carbocycles. The number of rotatable bonds is 7. The van der Waals surface area contributed by atoms with Crippen LogP contribution in [-0.4, -0.2) is 43.3 Å². The molecule has 3 rings (SSSR count). The van der Waals surface area contributed by atoms with Crippen molar-refractivity contribution in [1.29, 1.82) is 0 Å². The molecule has 3 aromatic rings. The molecule has 0 heterocycles. The molecule has 0 unspecified atom stereocenters. The minimum absolute atomic E-state index is 0.0743. The number of likely N-dealkylation sites (N-methyl/N-ethyl adjacent to an activating group) is 1. The maximum absolute atomic E-state index is 13.0. The van der Waals surface area contributed by atoms with Gasteiger partial charge in [0.2, 0.25) is 0 Å². The first-order valence-corrected chi connectivity index (χ1v) is 9.73. The molecular weight excluding hydrogens is 413 g/mol. The monoisotopic (exact) mass is 435 g/mol. The van der Waals surface area contributed by atoms with Crippen molar-refractivity contribution in [3.05, 3.63) is 89.7 Å². The lowest BCUT2D eigenvalue weighted by atomic mass is 10.1. The Kier molecular flexibility index (Phi) is 7.17. The van der Waals surface area contributed by atoms with Crippen LogP contribution in [0.25, 0.3) is 0 Å². The van der Waals surface area contributed by atoms with E-state index in [1.54, 1.807) is 62.6 Å². The summed E-state index contributed by atoms with van der Waals surface area (Å²) in [6, 6.07) is 18.2. The lowest BCUT2D eigenvalue weighted by molar-refractivity contribution is -0.130. The summed E-state index contributed by atoms with van der Waals surface area (Å²) in [5.41, 5.74) is 1.62. The Bertz CT molecular complexity index is 1110. The number of nitrogens with zero attached hydrogens (tertiary/aromatic N) is 1. The highest BCUT2D eigenvalue weighted by Crippen LogP contribution is 2.18. The topological polar surface area (TPSA) is 87.7 Å². The average Bonchev–Trinajstić information content (AvgIpc) is 2.79. The number of carbonyl (C=O) groups is 3. The third kappa shape index (κ3) is 6.15. The molecule has 0 radical (unpaired) electrons. The van der Waals surface area contributed by atoms with Crippen molar-refractivity contribution >= 4 is 29.1 Å². The van der Waals surface area contributed by atoms with E-state index in [2.05, 4.69) is 10.6 Å². The Morgan fingerprint density at radius 1 is 0.812 bits per heavy atom. The Morgan fingerprint density at radius 3 is 2.09 bits per heavy atom. The minimum Gasteiger partial charge on any atom is -0.484 e. The fraction of sp³-hybridized carbons (Fsp3) is 0.125. The molecule has 0 aliphatic carbocycles. The van der Waals surface area contributed by atoms with Crippen LogP contribution in [0.1, 0.15) is 20.7 Å². The summed E-state index contributed by atoms with van der Waals surface area (Å²) in [6.07, 6.45) is 0. The standard InChI is InChI=1S/C24H22FN3O4/c1-28(2)22(29)15-32-21-12-10-19(11-13-21)26-24(31)17-4-3-5-20(14-17)27-23(30)16-6-8-18(25)9-7-16/h3-14H,15H2,1-2H3,(H,26,31)(H,27,30). The highest BCUT2D eigenvalue weighted by atomic mass is 19.1. The molecule has 0 fully saturated rings. The van der Waals surface area contributed by atoms with Gasteiger partial charge in [0, 0.05) is 36.6 Å². The summed E-state index contributed by atoms with van der Waals surface area (Å²) in [5, 5.41) is 5.45. The predicted octanol–water partition coefficient (Wildman–Crippen LogP) is 3.80. The van der Waals surface area contributed by atoms with Crippen LogP contribution in [0.15, 0.2) is 72.8 Å². The second-order valence-electron chi connectivity index (χ2n) is 7.10. The fourth-order valence-corrected chi connectivity index (χ4v) is 2.65. The number of amides is 3. The van der Waals surface area contributed by atoms with Crippen LogP contribution in [0, 0.1) is 5.82 Å². The zero-order chi connectivity index (χ0) is 23.1. The number of nitrogens with one attached hydrogen (secondary N) is 2. The van der Waals surface area contributed by atoms with E-state index < -0.39 is 11.7 Å². The van der Waals surface area contributed by atoms with Crippen molar-refractivity contribution in [2.24, 2.45) is 0 Å². The molecule has 8 heteroatoms. The van der Waals surface area contributed by atoms with E-state index in [4.69, 9.17) is 4.74 Å². The van der Waals surface area contributed by atoms with E-state index >= 15 is 0 Å². The Balaban J connectivity index is 1.60. The van der Waals surface area contributed by atoms with E-state index in [0.717, 1.165) is 0 Å². The van der Waals surface area contributed by atoms with Crippen LogP contribution in [-0.2, 0) is 4.79 Å². The second kappa shape index (κ2) is 10.2. The molecule has 0 saturated heterocycles. The highest BCUT2D eigenvalue weighted by Gasteiger charge is 2.11. The summed E-state index contributed by atoms with van der Waals surface area (Å²) in [4.78, 5) is 37.9. The Labute approximate surface area is 184 Å². The number of hydrogen-bond acceptors (Lipinski definition) is 4. The van der Waals surface area contributed by atoms with Gasteiger partial charge in [-0.3, -0.25) is 14.4 Å². The third-order valence-electron chi connectivity index (χ3n) is 4.46. The first-order valence-electron chi connectivity index (χ1n) is 9.73. The number of halogens is 1. The van der Waals surface area contributed by atoms with Gasteiger partial charge in [-0.15, -0.1) is 0 Å². The lowest BCUT2D eigenvalue weighted by Crippen LogP contribution is -2.27. The van der Waals surface area contributed by atoms with Crippen LogP contribution >= 0.6 is 0 Å². The first-order chi connectivity index (χ1) is 15.3. The molecule has 7 nitrogen and oxygen atoms in total. The second-order valence-corrected chi connectivity index (χ2v) is 7.10. The van der Waals surface area contributed by atoms with Gasteiger partial charge in [-0.2, -0.15) is 0 Å². The average molecular weight is 435 g/mol. The molecule has 0 bridgehead atoms. The molecule has 0 aromatic heterocycles. The number of carbonyl (C=O) groups excluding carboxylic acids is 3. The minimum atomic E-state index is -0.429. The smallest absolute Gasteiger partial charge is 0.259 e. The highest BCUT2D eigenvalue weighted by molar-refractivity contribution is 6.07. The summed E-state index contributed by atoms with van der Waals surface area (Å²) in [6.45, 7) is -0.0743. The summed E-state index contributed by atoms with van der Waals surface area (Å²) in [7, 11) is 3.29. The molecular formula is C24H22FN3O4. The molecule has 3 amide bonds. The normalized spacial score (nSPS) is 10.2. The fourth-order valence-electron chi connectivity index (χ4n) is 2.65. The van der Waals surface area contributed by atoms with Crippen molar-refractivity contribution < 1.29 is 23.5 Å². The van der Waals surface area contributed by atoms with Crippen LogP contribution in [0.4, 0.5) is 15.8 Å². The maximum Gasteiger partial charge on any atom is 0.259 e. The van der Waals surface area contributed by atoms with Crippen LogP contribution in [0.3, 0.4) is 0 Å². The van der Waals surface area contributed by atoms with Crippen molar-refractivity contribution in [3.63, 3.8) is 0 Å². The Morgan fingerprint density at radius 2 is 1.44 bits per heavy atom. The molecule has 0 atom stereocenters. The summed E-state index contributed by atoms with van der Waals surface area (Å²) in [5.74, 6) is -0.857. The molecule has 0 aliphatic heterocycles. The Hall–Kier alpha value is -4.20. The van der Waals surface area contributed by atoms with Crippen LogP contribution in [0.2, 0.25) is 0 Å². The third-order valence-corrected chi connectivity index (χ3v) is 4.46. The van der Waals surface area contributed by atoms with E-state index in [-0.39, 0.29) is 18.4 Å². The van der Waals surface area contributed by atoms with Gasteiger partial charge in [0.1, 0.15) is 11.6 Å². The van der Waals surface area contributed by atoms with Gasteiger partial charge in [0.05, 0.1) is 0 Å². The quantitative estimate of drug-likeness (QED) is 0.591. The SMILES string of the molecule is CN(C)C(=O)COc1ccc(NC(=O)c2cccc(NC(=O)c3ccc(F)cc3)c2)cc1. The van der Waals surface area contributed by atoms with Gasteiger partial charge in [0.25, 0.3) is 17.7 Å². The molecule has 164 valence electrons. The van der Waals surface area contributed by atoms with Gasteiger partial charge in [-0.1, -0.05) is 6.07 Å². The van der Waals surface area contributed by atoms with E-state index in [1.807, 2.05) is 0 Å². The van der Waals surface area contributed by atoms with E-state index in [1.165, 1.54) is 29.2 Å².